The maximum Gasteiger partial charge on any atom is 0.211 e. The minimum Gasteiger partial charge on any atom is -0.242 e. The number of nitrogens with zero attached hydrogens (tertiary/aromatic N) is 1. The quantitative estimate of drug-likeness (QED) is 0.787. The Morgan fingerprint density at radius 1 is 1.43 bits per heavy atom. The molecule has 1 aliphatic heterocycles. The molecule has 0 bridgehead atoms. The van der Waals surface area contributed by atoms with E-state index in [9.17, 15) is 8.42 Å². The number of hydrogen-bond acceptors (Lipinski definition) is 3. The summed E-state index contributed by atoms with van der Waals surface area (Å²) in [6.45, 7) is 3.68. The van der Waals surface area contributed by atoms with Crippen LogP contribution in [0.5, 0.6) is 0 Å². The summed E-state index contributed by atoms with van der Waals surface area (Å²) in [5, 5.41) is 0. The highest BCUT2D eigenvalue weighted by Crippen LogP contribution is 2.14. The molecule has 0 aromatic heterocycles. The first kappa shape index (κ1) is 12.4. The molecule has 0 amide bonds. The molecule has 0 aromatic carbocycles. The molecule has 0 radical (unpaired) electrons. The zero-order valence-corrected chi connectivity index (χ0v) is 10.8. The standard InChI is InChI=1S/C8H17BrN2O2S/c1-2-7-14(12,13)10-8-3-5-11(9)6-4-8/h8,10H,2-7H2,1H3. The SMILES string of the molecule is CCCS(=O)(=O)NC1CCN(Br)CC1. The summed E-state index contributed by atoms with van der Waals surface area (Å²) in [6.07, 6.45) is 2.44. The Balaban J connectivity index is 2.37. The second-order valence-corrected chi connectivity index (χ2v) is 6.50. The van der Waals surface area contributed by atoms with Crippen LogP contribution in [0.2, 0.25) is 0 Å². The van der Waals surface area contributed by atoms with Gasteiger partial charge in [0, 0.05) is 35.3 Å². The Hall–Kier alpha value is 0.350. The lowest BCUT2D eigenvalue weighted by Gasteiger charge is -2.27. The molecule has 1 rings (SSSR count). The molecule has 1 aliphatic rings. The topological polar surface area (TPSA) is 49.4 Å². The molecule has 14 heavy (non-hydrogen) atoms. The van der Waals surface area contributed by atoms with Crippen molar-refractivity contribution in [1.29, 1.82) is 0 Å². The molecule has 0 aliphatic carbocycles. The van der Waals surface area contributed by atoms with Gasteiger partial charge in [-0.05, 0) is 19.3 Å². The number of sulfonamides is 1. The zero-order chi connectivity index (χ0) is 10.6. The van der Waals surface area contributed by atoms with Crippen molar-refractivity contribution in [3.8, 4) is 0 Å². The Bertz CT molecular complexity index is 261. The van der Waals surface area contributed by atoms with Crippen molar-refractivity contribution in [2.24, 2.45) is 0 Å². The van der Waals surface area contributed by atoms with Gasteiger partial charge in [-0.1, -0.05) is 6.92 Å². The molecule has 0 aromatic rings. The monoisotopic (exact) mass is 284 g/mol. The maximum atomic E-state index is 11.4. The largest absolute Gasteiger partial charge is 0.242 e. The van der Waals surface area contributed by atoms with E-state index in [0.29, 0.717) is 6.42 Å². The normalized spacial score (nSPS) is 21.3. The van der Waals surface area contributed by atoms with Gasteiger partial charge in [0.05, 0.1) is 5.75 Å². The van der Waals surface area contributed by atoms with Gasteiger partial charge >= 0.3 is 0 Å². The molecule has 0 unspecified atom stereocenters. The molecule has 0 saturated carbocycles. The van der Waals surface area contributed by atoms with Gasteiger partial charge in [-0.15, -0.1) is 0 Å². The summed E-state index contributed by atoms with van der Waals surface area (Å²) in [5.74, 6) is 0.238. The van der Waals surface area contributed by atoms with Crippen molar-refractivity contribution < 1.29 is 8.42 Å². The summed E-state index contributed by atoms with van der Waals surface area (Å²) in [5.41, 5.74) is 0. The second kappa shape index (κ2) is 5.44. The Labute approximate surface area is 94.4 Å². The van der Waals surface area contributed by atoms with Crippen molar-refractivity contribution in [2.45, 2.75) is 32.2 Å². The molecule has 4 nitrogen and oxygen atoms in total. The van der Waals surface area contributed by atoms with Crippen LogP contribution in [0, 0.1) is 0 Å². The van der Waals surface area contributed by atoms with Gasteiger partial charge in [-0.25, -0.2) is 17.1 Å². The van der Waals surface area contributed by atoms with E-state index in [1.165, 1.54) is 0 Å². The Kier molecular flexibility index (Phi) is 4.82. The van der Waals surface area contributed by atoms with Crippen molar-refractivity contribution >= 4 is 26.2 Å². The molecule has 1 N–H and O–H groups in total. The summed E-state index contributed by atoms with van der Waals surface area (Å²) >= 11 is 3.38. The van der Waals surface area contributed by atoms with Crippen LogP contribution in [0.3, 0.4) is 0 Å². The van der Waals surface area contributed by atoms with E-state index >= 15 is 0 Å². The molecule has 0 spiro atoms. The molecular formula is C8H17BrN2O2S. The van der Waals surface area contributed by atoms with Crippen LogP contribution >= 0.6 is 16.1 Å². The molecule has 84 valence electrons. The summed E-state index contributed by atoms with van der Waals surface area (Å²) in [7, 11) is -3.03. The number of hydrogen-bond donors (Lipinski definition) is 1. The number of nitrogens with one attached hydrogen (secondary N) is 1. The minimum atomic E-state index is -3.03. The fraction of sp³-hybridized carbons (Fsp3) is 1.00. The van der Waals surface area contributed by atoms with Crippen molar-refractivity contribution in [2.75, 3.05) is 18.8 Å². The van der Waals surface area contributed by atoms with E-state index in [4.69, 9.17) is 0 Å². The van der Waals surface area contributed by atoms with E-state index in [1.54, 1.807) is 0 Å². The lowest BCUT2D eigenvalue weighted by atomic mass is 10.1. The van der Waals surface area contributed by atoms with Gasteiger partial charge < -0.3 is 0 Å². The molecular weight excluding hydrogens is 268 g/mol. The number of piperidine rings is 1. The first-order chi connectivity index (χ1) is 6.53. The average molecular weight is 285 g/mol. The molecule has 1 heterocycles. The summed E-state index contributed by atoms with van der Waals surface area (Å²) in [6, 6.07) is 0.125. The minimum absolute atomic E-state index is 0.125. The number of rotatable bonds is 4. The fourth-order valence-corrected chi connectivity index (χ4v) is 3.36. The predicted molar refractivity (Wildman–Crippen MR) is 60.7 cm³/mol. The van der Waals surface area contributed by atoms with E-state index in [2.05, 4.69) is 20.9 Å². The zero-order valence-electron chi connectivity index (χ0n) is 8.37. The third-order valence-electron chi connectivity index (χ3n) is 2.26. The molecule has 1 saturated heterocycles. The van der Waals surface area contributed by atoms with Crippen LogP contribution in [0.1, 0.15) is 26.2 Å². The van der Waals surface area contributed by atoms with Crippen LogP contribution in [0.15, 0.2) is 0 Å². The Morgan fingerprint density at radius 3 is 2.50 bits per heavy atom. The smallest absolute Gasteiger partial charge is 0.211 e. The predicted octanol–water partition coefficient (Wildman–Crippen LogP) is 1.09. The van der Waals surface area contributed by atoms with Gasteiger partial charge in [-0.3, -0.25) is 0 Å². The highest BCUT2D eigenvalue weighted by molar-refractivity contribution is 9.07. The third kappa shape index (κ3) is 4.25. The Morgan fingerprint density at radius 2 is 2.00 bits per heavy atom. The van der Waals surface area contributed by atoms with Crippen molar-refractivity contribution in [3.63, 3.8) is 0 Å². The van der Waals surface area contributed by atoms with Crippen molar-refractivity contribution in [1.82, 2.24) is 8.65 Å². The van der Waals surface area contributed by atoms with Crippen molar-refractivity contribution in [3.05, 3.63) is 0 Å². The highest BCUT2D eigenvalue weighted by atomic mass is 79.9. The van der Waals surface area contributed by atoms with E-state index in [-0.39, 0.29) is 11.8 Å². The van der Waals surface area contributed by atoms with E-state index < -0.39 is 10.0 Å². The van der Waals surface area contributed by atoms with Gasteiger partial charge in [-0.2, -0.15) is 0 Å². The number of halogens is 1. The third-order valence-corrected chi connectivity index (χ3v) is 4.61. The van der Waals surface area contributed by atoms with Crippen LogP contribution < -0.4 is 4.72 Å². The first-order valence-electron chi connectivity index (χ1n) is 4.94. The highest BCUT2D eigenvalue weighted by Gasteiger charge is 2.21. The molecule has 0 atom stereocenters. The lowest BCUT2D eigenvalue weighted by Crippen LogP contribution is -2.42. The molecule has 6 heteroatoms. The summed E-state index contributed by atoms with van der Waals surface area (Å²) < 4.78 is 27.7. The van der Waals surface area contributed by atoms with E-state index in [0.717, 1.165) is 25.9 Å². The van der Waals surface area contributed by atoms with Crippen LogP contribution in [-0.2, 0) is 10.0 Å². The average Bonchev–Trinajstić information content (AvgIpc) is 2.08. The van der Waals surface area contributed by atoms with Gasteiger partial charge in [0.25, 0.3) is 0 Å². The van der Waals surface area contributed by atoms with Crippen LogP contribution in [0.4, 0.5) is 0 Å². The van der Waals surface area contributed by atoms with Gasteiger partial charge in [0.2, 0.25) is 10.0 Å². The van der Waals surface area contributed by atoms with Gasteiger partial charge in [0.15, 0.2) is 0 Å². The van der Waals surface area contributed by atoms with Crippen LogP contribution in [0.25, 0.3) is 0 Å². The second-order valence-electron chi connectivity index (χ2n) is 3.62. The van der Waals surface area contributed by atoms with Crippen LogP contribution in [-0.4, -0.2) is 37.2 Å². The van der Waals surface area contributed by atoms with E-state index in [1.807, 2.05) is 10.8 Å². The molecule has 1 fully saturated rings. The maximum absolute atomic E-state index is 11.4. The first-order valence-corrected chi connectivity index (χ1v) is 7.30. The summed E-state index contributed by atoms with van der Waals surface area (Å²) in [4.78, 5) is 0. The fourth-order valence-electron chi connectivity index (χ4n) is 1.55. The lowest BCUT2D eigenvalue weighted by molar-refractivity contribution is 0.340. The van der Waals surface area contributed by atoms with Gasteiger partial charge in [0.1, 0.15) is 0 Å².